The Morgan fingerprint density at radius 1 is 1.20 bits per heavy atom. The fourth-order valence-electron chi connectivity index (χ4n) is 3.35. The van der Waals surface area contributed by atoms with Gasteiger partial charge in [-0.25, -0.2) is 4.39 Å². The molecule has 3 rings (SSSR count). The minimum Gasteiger partial charge on any atom is -0.388 e. The van der Waals surface area contributed by atoms with Crippen molar-refractivity contribution in [2.45, 2.75) is 54.9 Å². The van der Waals surface area contributed by atoms with Crippen molar-refractivity contribution in [2.75, 3.05) is 20.7 Å². The van der Waals surface area contributed by atoms with Crippen LogP contribution in [0.4, 0.5) is 17.6 Å². The number of aryl methyl sites for hydroxylation is 1. The summed E-state index contributed by atoms with van der Waals surface area (Å²) in [5, 5.41) is 21.2. The Morgan fingerprint density at radius 2 is 1.87 bits per heavy atom. The molecule has 0 aliphatic carbocycles. The third-order valence-electron chi connectivity index (χ3n) is 4.91. The summed E-state index contributed by atoms with van der Waals surface area (Å²) in [7, 11) is 3.43. The lowest BCUT2D eigenvalue weighted by molar-refractivity contribution is -0.284. The van der Waals surface area contributed by atoms with Crippen LogP contribution in [0.2, 0.25) is 0 Å². The predicted octanol–water partition coefficient (Wildman–Crippen LogP) is 2.19. The van der Waals surface area contributed by atoms with Crippen molar-refractivity contribution < 1.29 is 37.2 Å². The molecule has 6 unspecified atom stereocenters. The average molecular weight is 452 g/mol. The number of aliphatic hydroxyl groups is 2. The number of hydrogen-bond donors (Lipinski definition) is 2. The van der Waals surface area contributed by atoms with Gasteiger partial charge >= 0.3 is 6.18 Å². The first-order valence-corrected chi connectivity index (χ1v) is 10.3. The molecule has 11 heteroatoms. The van der Waals surface area contributed by atoms with Gasteiger partial charge < -0.3 is 24.6 Å². The highest BCUT2D eigenvalue weighted by Crippen LogP contribution is 2.40. The topological polar surface area (TPSA) is 74.5 Å². The molecule has 2 aliphatic rings. The normalized spacial score (nSPS) is 30.0. The maximum absolute atomic E-state index is 13.7. The van der Waals surface area contributed by atoms with E-state index in [0.717, 1.165) is 17.3 Å². The second-order valence-corrected chi connectivity index (χ2v) is 8.49. The van der Waals surface area contributed by atoms with Crippen LogP contribution in [-0.2, 0) is 15.9 Å². The number of nitrogens with zero attached hydrogens (tertiary/aromatic N) is 2. The Hall–Kier alpha value is -1.40. The number of amidine groups is 1. The van der Waals surface area contributed by atoms with Crippen molar-refractivity contribution in [1.82, 2.24) is 4.90 Å². The van der Waals surface area contributed by atoms with E-state index < -0.39 is 47.9 Å². The zero-order valence-corrected chi connectivity index (χ0v) is 17.2. The molecule has 0 aromatic heterocycles. The largest absolute Gasteiger partial charge is 0.417 e. The molecule has 6 nitrogen and oxygen atoms in total. The van der Waals surface area contributed by atoms with Gasteiger partial charge in [0, 0.05) is 20.7 Å². The SMILES string of the molecule is CN(C)C1=NC2C(OC(C(OCCCc3ccc(F)cc3)C(F)(F)F)C(O)C2O)S1. The van der Waals surface area contributed by atoms with Gasteiger partial charge in [-0.2, -0.15) is 13.2 Å². The summed E-state index contributed by atoms with van der Waals surface area (Å²) in [6.45, 7) is -0.245. The molecule has 0 amide bonds. The van der Waals surface area contributed by atoms with E-state index in [0.29, 0.717) is 11.6 Å². The molecule has 0 spiro atoms. The first-order chi connectivity index (χ1) is 14.1. The molecule has 1 aromatic rings. The highest BCUT2D eigenvalue weighted by atomic mass is 32.2. The molecular weight excluding hydrogens is 428 g/mol. The molecule has 1 fully saturated rings. The molecule has 0 bridgehead atoms. The number of benzene rings is 1. The summed E-state index contributed by atoms with van der Waals surface area (Å²) in [5.41, 5.74) is -0.0787. The molecule has 2 N–H and O–H groups in total. The zero-order chi connectivity index (χ0) is 22.1. The lowest BCUT2D eigenvalue weighted by Crippen LogP contribution is -2.61. The van der Waals surface area contributed by atoms with E-state index in [9.17, 15) is 27.8 Å². The van der Waals surface area contributed by atoms with Gasteiger partial charge in [0.05, 0.1) is 0 Å². The maximum Gasteiger partial charge on any atom is 0.417 e. The fraction of sp³-hybridized carbons (Fsp3) is 0.632. The molecule has 2 heterocycles. The number of aliphatic hydroxyl groups excluding tert-OH is 2. The van der Waals surface area contributed by atoms with Crippen molar-refractivity contribution in [3.8, 4) is 0 Å². The standard InChI is InChI=1S/C19H24F4N2O4S/c1-25(2)18-24-12-13(26)14(27)15(29-17(12)30-18)16(19(21,22)23)28-9-3-4-10-5-7-11(20)8-6-10/h5-8,12-17,26-27H,3-4,9H2,1-2H3. The van der Waals surface area contributed by atoms with E-state index in [1.165, 1.54) is 12.1 Å². The predicted molar refractivity (Wildman–Crippen MR) is 104 cm³/mol. The minimum atomic E-state index is -4.80. The molecule has 1 aromatic carbocycles. The second-order valence-electron chi connectivity index (χ2n) is 7.43. The molecular formula is C19H24F4N2O4S. The molecule has 1 saturated heterocycles. The number of alkyl halides is 3. The average Bonchev–Trinajstić information content (AvgIpc) is 3.10. The van der Waals surface area contributed by atoms with Crippen LogP contribution in [0, 0.1) is 5.82 Å². The van der Waals surface area contributed by atoms with Crippen LogP contribution in [0.25, 0.3) is 0 Å². The fourth-order valence-corrected chi connectivity index (χ4v) is 4.50. The quantitative estimate of drug-likeness (QED) is 0.509. The van der Waals surface area contributed by atoms with Crippen LogP contribution >= 0.6 is 11.8 Å². The van der Waals surface area contributed by atoms with Crippen molar-refractivity contribution >= 4 is 16.9 Å². The Morgan fingerprint density at radius 3 is 2.47 bits per heavy atom. The molecule has 0 radical (unpaired) electrons. The summed E-state index contributed by atoms with van der Waals surface area (Å²) in [4.78, 5) is 5.89. The lowest BCUT2D eigenvalue weighted by Gasteiger charge is -2.41. The minimum absolute atomic E-state index is 0.245. The molecule has 2 aliphatic heterocycles. The zero-order valence-electron chi connectivity index (χ0n) is 16.4. The number of ether oxygens (including phenoxy) is 2. The smallest absolute Gasteiger partial charge is 0.388 e. The summed E-state index contributed by atoms with van der Waals surface area (Å²) in [5.74, 6) is -0.390. The molecule has 168 valence electrons. The Balaban J connectivity index is 1.63. The molecule has 0 saturated carbocycles. The Kier molecular flexibility index (Phi) is 7.28. The van der Waals surface area contributed by atoms with Crippen molar-refractivity contribution in [3.63, 3.8) is 0 Å². The van der Waals surface area contributed by atoms with Crippen LogP contribution in [-0.4, -0.2) is 83.1 Å². The van der Waals surface area contributed by atoms with E-state index in [2.05, 4.69) is 4.99 Å². The number of rotatable bonds is 6. The van der Waals surface area contributed by atoms with Gasteiger partial charge in [0.15, 0.2) is 11.3 Å². The van der Waals surface area contributed by atoms with Gasteiger partial charge in [-0.1, -0.05) is 23.9 Å². The second kappa shape index (κ2) is 9.39. The number of thioether (sulfide) groups is 1. The number of aliphatic imine (C=N–C) groups is 1. The van der Waals surface area contributed by atoms with Gasteiger partial charge in [0.25, 0.3) is 0 Å². The number of fused-ring (bicyclic) bond motifs is 1. The van der Waals surface area contributed by atoms with E-state index in [1.54, 1.807) is 31.1 Å². The molecule has 30 heavy (non-hydrogen) atoms. The van der Waals surface area contributed by atoms with Gasteiger partial charge in [0.1, 0.15) is 35.6 Å². The lowest BCUT2D eigenvalue weighted by atomic mass is 9.94. The summed E-state index contributed by atoms with van der Waals surface area (Å²) in [6, 6.07) is 4.82. The Bertz CT molecular complexity index is 747. The third-order valence-corrected chi connectivity index (χ3v) is 6.22. The van der Waals surface area contributed by atoms with E-state index in [-0.39, 0.29) is 13.0 Å². The Labute approximate surface area is 175 Å². The van der Waals surface area contributed by atoms with Gasteiger partial charge in [-0.3, -0.25) is 4.99 Å². The summed E-state index contributed by atoms with van der Waals surface area (Å²) >= 11 is 1.10. The molecule has 6 atom stereocenters. The van der Waals surface area contributed by atoms with Crippen LogP contribution in [0.15, 0.2) is 29.3 Å². The van der Waals surface area contributed by atoms with Crippen LogP contribution in [0.3, 0.4) is 0 Å². The van der Waals surface area contributed by atoms with Gasteiger partial charge in [-0.15, -0.1) is 0 Å². The highest BCUT2D eigenvalue weighted by molar-refractivity contribution is 8.14. The summed E-state index contributed by atoms with van der Waals surface area (Å²) < 4.78 is 64.5. The van der Waals surface area contributed by atoms with E-state index >= 15 is 0 Å². The van der Waals surface area contributed by atoms with Crippen molar-refractivity contribution in [2.24, 2.45) is 4.99 Å². The van der Waals surface area contributed by atoms with Crippen LogP contribution < -0.4 is 0 Å². The maximum atomic E-state index is 13.7. The van der Waals surface area contributed by atoms with Crippen LogP contribution in [0.1, 0.15) is 12.0 Å². The van der Waals surface area contributed by atoms with Crippen molar-refractivity contribution in [1.29, 1.82) is 0 Å². The van der Waals surface area contributed by atoms with E-state index in [1.807, 2.05) is 0 Å². The first kappa shape index (κ1) is 23.3. The van der Waals surface area contributed by atoms with Crippen LogP contribution in [0.5, 0.6) is 0 Å². The number of halogens is 4. The van der Waals surface area contributed by atoms with Gasteiger partial charge in [0.2, 0.25) is 0 Å². The first-order valence-electron chi connectivity index (χ1n) is 9.44. The summed E-state index contributed by atoms with van der Waals surface area (Å²) in [6.07, 6.45) is -11.6. The highest BCUT2D eigenvalue weighted by Gasteiger charge is 2.57. The number of hydrogen-bond acceptors (Lipinski definition) is 7. The monoisotopic (exact) mass is 452 g/mol. The van der Waals surface area contributed by atoms with Crippen molar-refractivity contribution in [3.05, 3.63) is 35.6 Å². The van der Waals surface area contributed by atoms with Gasteiger partial charge in [-0.05, 0) is 30.5 Å². The third kappa shape index (κ3) is 5.25. The van der Waals surface area contributed by atoms with E-state index in [4.69, 9.17) is 9.47 Å².